The fourth-order valence-corrected chi connectivity index (χ4v) is 2.75. The Morgan fingerprint density at radius 1 is 1.18 bits per heavy atom. The highest BCUT2D eigenvalue weighted by atomic mass is 32.2. The van der Waals surface area contributed by atoms with Crippen LogP contribution in [0.5, 0.6) is 0 Å². The maximum atomic E-state index is 4.29. The molecule has 0 radical (unpaired) electrons. The molecule has 0 atom stereocenters. The summed E-state index contributed by atoms with van der Waals surface area (Å²) < 4.78 is 2.20. The number of hydrogen-bond acceptors (Lipinski definition) is 4. The normalized spacial score (nSPS) is 14.1. The molecule has 0 spiro atoms. The van der Waals surface area contributed by atoms with E-state index in [0.29, 0.717) is 0 Å². The van der Waals surface area contributed by atoms with Gasteiger partial charge < -0.3 is 4.90 Å². The Hall–Kier alpha value is -1.49. The summed E-state index contributed by atoms with van der Waals surface area (Å²) >= 11 is 1.75. The molecule has 1 aliphatic heterocycles. The Labute approximate surface area is 105 Å². The maximum Gasteiger partial charge on any atom is 0.232 e. The third-order valence-corrected chi connectivity index (χ3v) is 3.68. The third-order valence-electron chi connectivity index (χ3n) is 2.83. The SMILES string of the molecule is CCSc1nnc2n1CCN2c1ccccc1. The molecule has 0 saturated carbocycles. The maximum absolute atomic E-state index is 4.29. The molecule has 1 aromatic heterocycles. The fraction of sp³-hybridized carbons (Fsp3) is 0.333. The molecule has 0 aliphatic carbocycles. The van der Waals surface area contributed by atoms with E-state index in [2.05, 4.69) is 50.9 Å². The van der Waals surface area contributed by atoms with Crippen LogP contribution in [0.1, 0.15) is 6.92 Å². The molecule has 88 valence electrons. The van der Waals surface area contributed by atoms with Crippen molar-refractivity contribution in [3.05, 3.63) is 30.3 Å². The van der Waals surface area contributed by atoms with E-state index in [0.717, 1.165) is 29.9 Å². The summed E-state index contributed by atoms with van der Waals surface area (Å²) in [6.07, 6.45) is 0. The lowest BCUT2D eigenvalue weighted by Gasteiger charge is -2.14. The number of fused-ring (bicyclic) bond motifs is 1. The second-order valence-electron chi connectivity index (χ2n) is 3.85. The zero-order chi connectivity index (χ0) is 11.7. The van der Waals surface area contributed by atoms with Crippen molar-refractivity contribution in [3.63, 3.8) is 0 Å². The highest BCUT2D eigenvalue weighted by molar-refractivity contribution is 7.99. The van der Waals surface area contributed by atoms with Crippen molar-refractivity contribution in [2.45, 2.75) is 18.6 Å². The first-order valence-corrected chi connectivity index (χ1v) is 6.77. The molecule has 5 heteroatoms. The van der Waals surface area contributed by atoms with E-state index in [9.17, 15) is 0 Å². The second kappa shape index (κ2) is 4.41. The molecule has 0 unspecified atom stereocenters. The minimum atomic E-state index is 0.965. The quantitative estimate of drug-likeness (QED) is 0.779. The van der Waals surface area contributed by atoms with E-state index < -0.39 is 0 Å². The zero-order valence-corrected chi connectivity index (χ0v) is 10.5. The van der Waals surface area contributed by atoms with Gasteiger partial charge >= 0.3 is 0 Å². The Morgan fingerprint density at radius 2 is 2.00 bits per heavy atom. The van der Waals surface area contributed by atoms with Gasteiger partial charge in [0.1, 0.15) is 0 Å². The lowest BCUT2D eigenvalue weighted by Crippen LogP contribution is -2.13. The van der Waals surface area contributed by atoms with Crippen molar-refractivity contribution in [2.75, 3.05) is 17.2 Å². The van der Waals surface area contributed by atoms with Gasteiger partial charge in [0.05, 0.1) is 0 Å². The van der Waals surface area contributed by atoms with Crippen LogP contribution in [-0.4, -0.2) is 27.1 Å². The fourth-order valence-electron chi connectivity index (χ4n) is 2.06. The van der Waals surface area contributed by atoms with Crippen LogP contribution in [0, 0.1) is 0 Å². The van der Waals surface area contributed by atoms with E-state index in [1.54, 1.807) is 11.8 Å². The molecule has 0 amide bonds. The molecular formula is C12H14N4S. The molecule has 0 N–H and O–H groups in total. The van der Waals surface area contributed by atoms with E-state index in [1.165, 1.54) is 5.69 Å². The van der Waals surface area contributed by atoms with Gasteiger partial charge in [-0.05, 0) is 17.9 Å². The largest absolute Gasteiger partial charge is 0.309 e. The number of rotatable bonds is 3. The summed E-state index contributed by atoms with van der Waals surface area (Å²) in [7, 11) is 0. The lowest BCUT2D eigenvalue weighted by atomic mass is 10.3. The highest BCUT2D eigenvalue weighted by Crippen LogP contribution is 2.31. The van der Waals surface area contributed by atoms with Crippen molar-refractivity contribution < 1.29 is 0 Å². The average Bonchev–Trinajstić information content (AvgIpc) is 2.94. The van der Waals surface area contributed by atoms with Crippen molar-refractivity contribution in [2.24, 2.45) is 0 Å². The molecule has 3 rings (SSSR count). The Morgan fingerprint density at radius 3 is 2.76 bits per heavy atom. The standard InChI is InChI=1S/C12H14N4S/c1-2-17-12-14-13-11-15(8-9-16(11)12)10-6-4-3-5-7-10/h3-7H,2,8-9H2,1H3. The summed E-state index contributed by atoms with van der Waals surface area (Å²) in [5.74, 6) is 2.00. The highest BCUT2D eigenvalue weighted by Gasteiger charge is 2.25. The summed E-state index contributed by atoms with van der Waals surface area (Å²) in [5.41, 5.74) is 1.19. The van der Waals surface area contributed by atoms with Crippen molar-refractivity contribution in [1.82, 2.24) is 14.8 Å². The number of anilines is 2. The molecule has 2 heterocycles. The molecule has 0 fully saturated rings. The summed E-state index contributed by atoms with van der Waals surface area (Å²) in [6, 6.07) is 10.3. The predicted octanol–water partition coefficient (Wildman–Crippen LogP) is 2.54. The van der Waals surface area contributed by atoms with E-state index in [4.69, 9.17) is 0 Å². The van der Waals surface area contributed by atoms with Gasteiger partial charge in [-0.25, -0.2) is 0 Å². The van der Waals surface area contributed by atoms with Crippen LogP contribution in [0.25, 0.3) is 0 Å². The van der Waals surface area contributed by atoms with Crippen LogP contribution in [0.4, 0.5) is 11.6 Å². The third kappa shape index (κ3) is 1.80. The summed E-state index contributed by atoms with van der Waals surface area (Å²) in [4.78, 5) is 2.22. The van der Waals surface area contributed by atoms with Gasteiger partial charge in [0.15, 0.2) is 5.16 Å². The molecule has 2 aromatic rings. The number of benzene rings is 1. The summed E-state index contributed by atoms with van der Waals surface area (Å²) in [5, 5.41) is 9.56. The number of nitrogens with zero attached hydrogens (tertiary/aromatic N) is 4. The molecule has 17 heavy (non-hydrogen) atoms. The number of aromatic nitrogens is 3. The molecular weight excluding hydrogens is 232 g/mol. The Kier molecular flexibility index (Phi) is 2.76. The van der Waals surface area contributed by atoms with Gasteiger partial charge in [0, 0.05) is 18.8 Å². The molecule has 0 bridgehead atoms. The monoisotopic (exact) mass is 246 g/mol. The van der Waals surface area contributed by atoms with E-state index >= 15 is 0 Å². The minimum absolute atomic E-state index is 0.965. The number of hydrogen-bond donors (Lipinski definition) is 0. The van der Waals surface area contributed by atoms with Gasteiger partial charge in [-0.3, -0.25) is 4.57 Å². The van der Waals surface area contributed by atoms with Crippen LogP contribution in [0.3, 0.4) is 0 Å². The Bertz CT molecular complexity index is 508. The number of thioether (sulfide) groups is 1. The van der Waals surface area contributed by atoms with Crippen LogP contribution < -0.4 is 4.90 Å². The van der Waals surface area contributed by atoms with Crippen molar-refractivity contribution in [1.29, 1.82) is 0 Å². The van der Waals surface area contributed by atoms with Crippen LogP contribution in [-0.2, 0) is 6.54 Å². The average molecular weight is 246 g/mol. The Balaban J connectivity index is 1.94. The van der Waals surface area contributed by atoms with Gasteiger partial charge in [-0.2, -0.15) is 0 Å². The topological polar surface area (TPSA) is 34.0 Å². The van der Waals surface area contributed by atoms with E-state index in [1.807, 2.05) is 6.07 Å². The first kappa shape index (κ1) is 10.7. The van der Waals surface area contributed by atoms with Gasteiger partial charge in [-0.1, -0.05) is 36.9 Å². The van der Waals surface area contributed by atoms with Crippen LogP contribution >= 0.6 is 11.8 Å². The van der Waals surface area contributed by atoms with Crippen molar-refractivity contribution in [3.8, 4) is 0 Å². The second-order valence-corrected chi connectivity index (χ2v) is 5.09. The zero-order valence-electron chi connectivity index (χ0n) is 9.71. The smallest absolute Gasteiger partial charge is 0.232 e. The van der Waals surface area contributed by atoms with Gasteiger partial charge in [0.2, 0.25) is 5.95 Å². The molecule has 1 aromatic carbocycles. The van der Waals surface area contributed by atoms with E-state index in [-0.39, 0.29) is 0 Å². The summed E-state index contributed by atoms with van der Waals surface area (Å²) in [6.45, 7) is 4.09. The lowest BCUT2D eigenvalue weighted by molar-refractivity contribution is 0.704. The van der Waals surface area contributed by atoms with Gasteiger partial charge in [-0.15, -0.1) is 10.2 Å². The van der Waals surface area contributed by atoms with Crippen molar-refractivity contribution >= 4 is 23.4 Å². The molecule has 0 saturated heterocycles. The molecule has 1 aliphatic rings. The number of para-hydroxylation sites is 1. The minimum Gasteiger partial charge on any atom is -0.309 e. The van der Waals surface area contributed by atoms with Gasteiger partial charge in [0.25, 0.3) is 0 Å². The van der Waals surface area contributed by atoms with Crippen LogP contribution in [0.2, 0.25) is 0 Å². The predicted molar refractivity (Wildman–Crippen MR) is 69.9 cm³/mol. The van der Waals surface area contributed by atoms with Crippen LogP contribution in [0.15, 0.2) is 35.5 Å². The first-order valence-electron chi connectivity index (χ1n) is 5.78. The first-order chi connectivity index (χ1) is 8.40. The molecule has 4 nitrogen and oxygen atoms in total.